The molecular weight excluding hydrogens is 384 g/mol. The highest BCUT2D eigenvalue weighted by molar-refractivity contribution is 6.36. The van der Waals surface area contributed by atoms with Crippen molar-refractivity contribution < 1.29 is 23.9 Å². The van der Waals surface area contributed by atoms with Crippen LogP contribution in [0.2, 0.25) is 0 Å². The molecule has 1 aliphatic rings. The lowest BCUT2D eigenvalue weighted by molar-refractivity contribution is -0.118. The van der Waals surface area contributed by atoms with Gasteiger partial charge in [-0.2, -0.15) is 0 Å². The minimum absolute atomic E-state index is 0.171. The number of para-hydroxylation sites is 1. The molecule has 0 saturated carbocycles. The summed E-state index contributed by atoms with van der Waals surface area (Å²) in [5, 5.41) is 2.67. The van der Waals surface area contributed by atoms with Crippen LogP contribution in [0, 0.1) is 0 Å². The highest BCUT2D eigenvalue weighted by Gasteiger charge is 2.38. The summed E-state index contributed by atoms with van der Waals surface area (Å²) in [5.41, 5.74) is 1.17. The molecule has 0 aliphatic carbocycles. The van der Waals surface area contributed by atoms with E-state index in [-0.39, 0.29) is 23.4 Å². The van der Waals surface area contributed by atoms with Crippen molar-refractivity contribution in [2.75, 3.05) is 23.9 Å². The van der Waals surface area contributed by atoms with Gasteiger partial charge in [0.25, 0.3) is 17.7 Å². The van der Waals surface area contributed by atoms with Gasteiger partial charge in [-0.05, 0) is 48.5 Å². The van der Waals surface area contributed by atoms with Crippen LogP contribution in [0.4, 0.5) is 11.4 Å². The Labute approximate surface area is 172 Å². The van der Waals surface area contributed by atoms with E-state index in [0.29, 0.717) is 17.2 Å². The molecule has 7 nitrogen and oxygen atoms in total. The van der Waals surface area contributed by atoms with Gasteiger partial charge in [-0.1, -0.05) is 24.3 Å². The van der Waals surface area contributed by atoms with E-state index in [0.717, 1.165) is 4.90 Å². The minimum Gasteiger partial charge on any atom is -0.497 e. The first-order valence-corrected chi connectivity index (χ1v) is 9.22. The summed E-state index contributed by atoms with van der Waals surface area (Å²) in [6, 6.07) is 20.3. The van der Waals surface area contributed by atoms with Crippen molar-refractivity contribution in [1.29, 1.82) is 0 Å². The molecule has 3 aromatic carbocycles. The molecule has 3 aromatic rings. The number of nitrogens with zero attached hydrogens (tertiary/aromatic N) is 1. The third-order valence-corrected chi connectivity index (χ3v) is 4.63. The number of hydrogen-bond donors (Lipinski definition) is 1. The summed E-state index contributed by atoms with van der Waals surface area (Å²) in [6.45, 7) is -0.249. The molecule has 1 aliphatic heterocycles. The first kappa shape index (κ1) is 19.2. The number of imide groups is 1. The molecule has 3 amide bonds. The molecule has 0 bridgehead atoms. The van der Waals surface area contributed by atoms with Gasteiger partial charge >= 0.3 is 0 Å². The lowest BCUT2D eigenvalue weighted by atomic mass is 10.1. The summed E-state index contributed by atoms with van der Waals surface area (Å²) in [5.74, 6) is -0.166. The maximum atomic E-state index is 13.0. The van der Waals surface area contributed by atoms with Crippen molar-refractivity contribution in [2.24, 2.45) is 0 Å². The molecule has 4 rings (SSSR count). The smallest absolute Gasteiger partial charge is 0.268 e. The van der Waals surface area contributed by atoms with Crippen LogP contribution in [0.1, 0.15) is 20.7 Å². The molecular formula is C23H18N2O5. The first-order valence-electron chi connectivity index (χ1n) is 9.22. The number of benzene rings is 3. The molecule has 0 radical (unpaired) electrons. The fourth-order valence-electron chi connectivity index (χ4n) is 3.21. The molecule has 30 heavy (non-hydrogen) atoms. The molecule has 0 atom stereocenters. The van der Waals surface area contributed by atoms with E-state index in [4.69, 9.17) is 9.47 Å². The molecule has 0 saturated heterocycles. The van der Waals surface area contributed by atoms with Crippen LogP contribution in [0.25, 0.3) is 0 Å². The fourth-order valence-corrected chi connectivity index (χ4v) is 3.21. The van der Waals surface area contributed by atoms with Crippen molar-refractivity contribution in [3.05, 3.63) is 83.9 Å². The number of carbonyl (C=O) groups is 3. The second-order valence-electron chi connectivity index (χ2n) is 6.52. The first-order chi connectivity index (χ1) is 14.6. The average molecular weight is 402 g/mol. The van der Waals surface area contributed by atoms with Gasteiger partial charge in [0, 0.05) is 0 Å². The minimum atomic E-state index is -0.479. The monoisotopic (exact) mass is 402 g/mol. The molecule has 0 fully saturated rings. The summed E-state index contributed by atoms with van der Waals surface area (Å²) < 4.78 is 10.5. The maximum Gasteiger partial charge on any atom is 0.268 e. The highest BCUT2D eigenvalue weighted by atomic mass is 16.5. The van der Waals surface area contributed by atoms with E-state index in [9.17, 15) is 14.4 Å². The number of hydrogen-bond acceptors (Lipinski definition) is 5. The summed E-state index contributed by atoms with van der Waals surface area (Å²) in [6.07, 6.45) is 0. The molecule has 1 N–H and O–H groups in total. The Kier molecular flexibility index (Phi) is 5.17. The van der Waals surface area contributed by atoms with Gasteiger partial charge in [0.1, 0.15) is 11.5 Å². The van der Waals surface area contributed by atoms with E-state index in [1.165, 1.54) is 0 Å². The molecule has 0 aromatic heterocycles. The zero-order valence-electron chi connectivity index (χ0n) is 16.1. The van der Waals surface area contributed by atoms with Gasteiger partial charge in [0.15, 0.2) is 6.61 Å². The predicted molar refractivity (Wildman–Crippen MR) is 111 cm³/mol. The van der Waals surface area contributed by atoms with Crippen molar-refractivity contribution in [1.82, 2.24) is 0 Å². The third-order valence-electron chi connectivity index (χ3n) is 4.63. The second-order valence-corrected chi connectivity index (χ2v) is 6.52. The zero-order valence-corrected chi connectivity index (χ0v) is 16.1. The highest BCUT2D eigenvalue weighted by Crippen LogP contribution is 2.32. The van der Waals surface area contributed by atoms with Crippen LogP contribution in [-0.4, -0.2) is 31.4 Å². The Morgan fingerprint density at radius 3 is 2.27 bits per heavy atom. The Balaban J connectivity index is 1.50. The molecule has 7 heteroatoms. The molecule has 0 spiro atoms. The molecule has 150 valence electrons. The lowest BCUT2D eigenvalue weighted by Gasteiger charge is -2.14. The van der Waals surface area contributed by atoms with E-state index < -0.39 is 17.7 Å². The number of amides is 3. The Hall–Kier alpha value is -4.13. The topological polar surface area (TPSA) is 84.9 Å². The Morgan fingerprint density at radius 1 is 0.867 bits per heavy atom. The number of ether oxygens (including phenoxy) is 2. The van der Waals surface area contributed by atoms with Crippen LogP contribution in [0.3, 0.4) is 0 Å². The van der Waals surface area contributed by atoms with Gasteiger partial charge in [-0.25, -0.2) is 4.90 Å². The standard InChI is InChI=1S/C23H18N2O5/c1-29-16-10-12-17(13-11-16)30-14-20(26)24-19-9-5-8-18-21(19)23(28)25(22(18)27)15-6-3-2-4-7-15/h2-13H,14H2,1H3,(H,24,26). The van der Waals surface area contributed by atoms with Crippen LogP contribution >= 0.6 is 0 Å². The fraction of sp³-hybridized carbons (Fsp3) is 0.0870. The van der Waals surface area contributed by atoms with E-state index in [1.54, 1.807) is 79.9 Å². The van der Waals surface area contributed by atoms with Crippen molar-refractivity contribution in [3.8, 4) is 11.5 Å². The number of methoxy groups -OCH3 is 1. The second kappa shape index (κ2) is 8.08. The van der Waals surface area contributed by atoms with Crippen molar-refractivity contribution >= 4 is 29.1 Å². The number of nitrogens with one attached hydrogen (secondary N) is 1. The van der Waals surface area contributed by atoms with Crippen LogP contribution in [0.5, 0.6) is 11.5 Å². The van der Waals surface area contributed by atoms with Gasteiger partial charge in [-0.3, -0.25) is 14.4 Å². The largest absolute Gasteiger partial charge is 0.497 e. The quantitative estimate of drug-likeness (QED) is 0.638. The number of anilines is 2. The average Bonchev–Trinajstić information content (AvgIpc) is 3.04. The van der Waals surface area contributed by atoms with E-state index >= 15 is 0 Å². The van der Waals surface area contributed by atoms with Crippen LogP contribution in [-0.2, 0) is 4.79 Å². The van der Waals surface area contributed by atoms with Crippen LogP contribution in [0.15, 0.2) is 72.8 Å². The third kappa shape index (κ3) is 3.60. The van der Waals surface area contributed by atoms with E-state index in [2.05, 4.69) is 5.32 Å². The zero-order chi connectivity index (χ0) is 21.1. The molecule has 0 unspecified atom stereocenters. The predicted octanol–water partition coefficient (Wildman–Crippen LogP) is 3.51. The normalized spacial score (nSPS) is 12.5. The van der Waals surface area contributed by atoms with Gasteiger partial charge in [0.05, 0.1) is 29.6 Å². The van der Waals surface area contributed by atoms with Crippen LogP contribution < -0.4 is 19.7 Å². The summed E-state index contributed by atoms with van der Waals surface area (Å²) in [7, 11) is 1.56. The van der Waals surface area contributed by atoms with Gasteiger partial charge < -0.3 is 14.8 Å². The van der Waals surface area contributed by atoms with Gasteiger partial charge in [0.2, 0.25) is 0 Å². The van der Waals surface area contributed by atoms with E-state index in [1.807, 2.05) is 0 Å². The number of rotatable bonds is 6. The lowest BCUT2D eigenvalue weighted by Crippen LogP contribution is -2.29. The molecule has 1 heterocycles. The number of carbonyl (C=O) groups excluding carboxylic acids is 3. The van der Waals surface area contributed by atoms with Gasteiger partial charge in [-0.15, -0.1) is 0 Å². The Morgan fingerprint density at radius 2 is 1.57 bits per heavy atom. The number of fused-ring (bicyclic) bond motifs is 1. The van der Waals surface area contributed by atoms with Crippen molar-refractivity contribution in [2.45, 2.75) is 0 Å². The summed E-state index contributed by atoms with van der Waals surface area (Å²) in [4.78, 5) is 39.2. The maximum absolute atomic E-state index is 13.0. The van der Waals surface area contributed by atoms with Crippen molar-refractivity contribution in [3.63, 3.8) is 0 Å². The SMILES string of the molecule is COc1ccc(OCC(=O)Nc2cccc3c2C(=O)N(c2ccccc2)C3=O)cc1. The Bertz CT molecular complexity index is 1110. The summed E-state index contributed by atoms with van der Waals surface area (Å²) >= 11 is 0.